The van der Waals surface area contributed by atoms with Gasteiger partial charge in [0.25, 0.3) is 11.5 Å². The van der Waals surface area contributed by atoms with E-state index >= 15 is 0 Å². The summed E-state index contributed by atoms with van der Waals surface area (Å²) in [6.07, 6.45) is 1.73. The molecule has 1 aromatic carbocycles. The first-order valence-corrected chi connectivity index (χ1v) is 9.71. The number of hydrogen-bond donors (Lipinski definition) is 1. The molecule has 0 atom stereocenters. The van der Waals surface area contributed by atoms with Gasteiger partial charge in [-0.15, -0.1) is 11.3 Å². The number of amides is 1. The minimum atomic E-state index is -0.316. The molecule has 7 heteroatoms. The van der Waals surface area contributed by atoms with Gasteiger partial charge in [-0.3, -0.25) is 14.2 Å². The van der Waals surface area contributed by atoms with Crippen molar-refractivity contribution in [1.29, 1.82) is 0 Å². The van der Waals surface area contributed by atoms with E-state index in [1.807, 2.05) is 13.8 Å². The van der Waals surface area contributed by atoms with Crippen molar-refractivity contribution in [2.75, 3.05) is 0 Å². The lowest BCUT2D eigenvalue weighted by Gasteiger charge is -2.07. The molecule has 3 aromatic rings. The topological polar surface area (TPSA) is 76.3 Å². The number of aryl methyl sites for hydroxylation is 3. The maximum Gasteiger partial charge on any atom is 0.271 e. The van der Waals surface area contributed by atoms with Crippen LogP contribution in [0.1, 0.15) is 44.8 Å². The Hall–Kier alpha value is -2.80. The molecule has 138 valence electrons. The summed E-state index contributed by atoms with van der Waals surface area (Å²) in [5, 5.41) is 4.78. The summed E-state index contributed by atoms with van der Waals surface area (Å²) in [6.45, 7) is 6.68. The highest BCUT2D eigenvalue weighted by Gasteiger charge is 2.17. The molecular formula is C20H20N4O2S. The van der Waals surface area contributed by atoms with Crippen LogP contribution in [0.15, 0.2) is 34.2 Å². The Bertz CT molecular complexity index is 1160. The standard InChI is InChI=1S/C20H20N4O2S/c1-11-9-16(13(3)27-11)12(2)22-23-19(25)14-6-7-15-17(10-14)21-18-5-4-8-24(18)20(15)26/h6-7,9-10H,4-5,8H2,1-3H3,(H,23,25)/b22-12-. The van der Waals surface area contributed by atoms with Crippen molar-refractivity contribution in [2.45, 2.75) is 40.2 Å². The van der Waals surface area contributed by atoms with Crippen molar-refractivity contribution in [3.63, 3.8) is 0 Å². The quantitative estimate of drug-likeness (QED) is 0.560. The lowest BCUT2D eigenvalue weighted by Crippen LogP contribution is -2.22. The molecule has 6 nitrogen and oxygen atoms in total. The lowest BCUT2D eigenvalue weighted by atomic mass is 10.1. The van der Waals surface area contributed by atoms with Crippen LogP contribution in [0, 0.1) is 13.8 Å². The second kappa shape index (κ2) is 6.74. The number of carbonyl (C=O) groups is 1. The molecule has 0 bridgehead atoms. The van der Waals surface area contributed by atoms with Gasteiger partial charge < -0.3 is 0 Å². The number of carbonyl (C=O) groups excluding carboxylic acids is 1. The number of nitrogens with one attached hydrogen (secondary N) is 1. The summed E-state index contributed by atoms with van der Waals surface area (Å²) in [5.41, 5.74) is 5.38. The Morgan fingerprint density at radius 2 is 2.11 bits per heavy atom. The number of benzene rings is 1. The number of rotatable bonds is 3. The molecule has 27 heavy (non-hydrogen) atoms. The van der Waals surface area contributed by atoms with Crippen LogP contribution in [0.5, 0.6) is 0 Å². The van der Waals surface area contributed by atoms with Crippen LogP contribution >= 0.6 is 11.3 Å². The molecule has 4 rings (SSSR count). The molecule has 2 aromatic heterocycles. The Morgan fingerprint density at radius 3 is 2.85 bits per heavy atom. The van der Waals surface area contributed by atoms with Crippen molar-refractivity contribution < 1.29 is 4.79 Å². The maximum atomic E-state index is 12.5. The largest absolute Gasteiger partial charge is 0.296 e. The molecule has 1 aliphatic rings. The number of fused-ring (bicyclic) bond motifs is 2. The third-order valence-corrected chi connectivity index (χ3v) is 5.80. The summed E-state index contributed by atoms with van der Waals surface area (Å²) < 4.78 is 1.72. The van der Waals surface area contributed by atoms with Gasteiger partial charge in [0.05, 0.1) is 16.6 Å². The highest BCUT2D eigenvalue weighted by molar-refractivity contribution is 7.12. The highest BCUT2D eigenvalue weighted by atomic mass is 32.1. The van der Waals surface area contributed by atoms with E-state index in [0.29, 0.717) is 16.5 Å². The number of nitrogens with zero attached hydrogens (tertiary/aromatic N) is 3. The molecule has 1 amide bonds. The number of hydrogen-bond acceptors (Lipinski definition) is 5. The van der Waals surface area contributed by atoms with Crippen molar-refractivity contribution in [2.24, 2.45) is 5.10 Å². The molecular weight excluding hydrogens is 360 g/mol. The van der Waals surface area contributed by atoms with E-state index in [-0.39, 0.29) is 11.5 Å². The summed E-state index contributed by atoms with van der Waals surface area (Å²) in [4.78, 5) is 32.0. The van der Waals surface area contributed by atoms with Crippen LogP contribution in [0.2, 0.25) is 0 Å². The molecule has 0 saturated heterocycles. The predicted octanol–water partition coefficient (Wildman–Crippen LogP) is 3.18. The van der Waals surface area contributed by atoms with Crippen molar-refractivity contribution >= 4 is 33.9 Å². The van der Waals surface area contributed by atoms with E-state index < -0.39 is 0 Å². The van der Waals surface area contributed by atoms with Crippen molar-refractivity contribution in [3.8, 4) is 0 Å². The Balaban J connectivity index is 1.61. The molecule has 0 unspecified atom stereocenters. The minimum Gasteiger partial charge on any atom is -0.296 e. The second-order valence-electron chi connectivity index (χ2n) is 6.79. The molecule has 1 aliphatic heterocycles. The molecule has 0 radical (unpaired) electrons. The van der Waals surface area contributed by atoms with E-state index in [1.54, 1.807) is 34.1 Å². The fourth-order valence-electron chi connectivity index (χ4n) is 3.47. The van der Waals surface area contributed by atoms with Crippen LogP contribution in [0.4, 0.5) is 0 Å². The van der Waals surface area contributed by atoms with Gasteiger partial charge in [0.2, 0.25) is 0 Å². The molecule has 1 N–H and O–H groups in total. The third kappa shape index (κ3) is 3.19. The first-order chi connectivity index (χ1) is 12.9. The number of thiophene rings is 1. The van der Waals surface area contributed by atoms with Crippen LogP contribution in [0.25, 0.3) is 10.9 Å². The van der Waals surface area contributed by atoms with Gasteiger partial charge in [0.15, 0.2) is 0 Å². The maximum absolute atomic E-state index is 12.5. The first-order valence-electron chi connectivity index (χ1n) is 8.89. The number of aromatic nitrogens is 2. The number of hydrazone groups is 1. The summed E-state index contributed by atoms with van der Waals surface area (Å²) in [7, 11) is 0. The van der Waals surface area contributed by atoms with Gasteiger partial charge >= 0.3 is 0 Å². The molecule has 0 saturated carbocycles. The zero-order valence-electron chi connectivity index (χ0n) is 15.5. The van der Waals surface area contributed by atoms with E-state index in [0.717, 1.165) is 36.5 Å². The smallest absolute Gasteiger partial charge is 0.271 e. The van der Waals surface area contributed by atoms with Gasteiger partial charge in [-0.25, -0.2) is 10.4 Å². The van der Waals surface area contributed by atoms with E-state index in [2.05, 4.69) is 28.5 Å². The fourth-order valence-corrected chi connectivity index (χ4v) is 4.45. The monoisotopic (exact) mass is 380 g/mol. The zero-order chi connectivity index (χ0) is 19.1. The van der Waals surface area contributed by atoms with Crippen molar-refractivity contribution in [3.05, 3.63) is 61.3 Å². The van der Waals surface area contributed by atoms with Gasteiger partial charge in [0, 0.05) is 33.8 Å². The molecule has 3 heterocycles. The van der Waals surface area contributed by atoms with Gasteiger partial charge in [0.1, 0.15) is 5.82 Å². The van der Waals surface area contributed by atoms with Crippen LogP contribution in [-0.2, 0) is 13.0 Å². The first kappa shape index (κ1) is 17.6. The third-order valence-electron chi connectivity index (χ3n) is 4.83. The Morgan fingerprint density at radius 1 is 1.30 bits per heavy atom. The van der Waals surface area contributed by atoms with Crippen LogP contribution < -0.4 is 11.0 Å². The predicted molar refractivity (Wildman–Crippen MR) is 108 cm³/mol. The summed E-state index contributed by atoms with van der Waals surface area (Å²) >= 11 is 1.71. The van der Waals surface area contributed by atoms with E-state index in [9.17, 15) is 9.59 Å². The van der Waals surface area contributed by atoms with E-state index in [1.165, 1.54) is 9.75 Å². The van der Waals surface area contributed by atoms with Gasteiger partial charge in [-0.1, -0.05) is 0 Å². The average Bonchev–Trinajstić information content (AvgIpc) is 3.25. The Labute approximate surface area is 160 Å². The van der Waals surface area contributed by atoms with Crippen LogP contribution in [-0.4, -0.2) is 21.2 Å². The van der Waals surface area contributed by atoms with Gasteiger partial charge in [-0.2, -0.15) is 5.10 Å². The highest BCUT2D eigenvalue weighted by Crippen LogP contribution is 2.21. The fraction of sp³-hybridized carbons (Fsp3) is 0.300. The molecule has 0 fully saturated rings. The summed E-state index contributed by atoms with van der Waals surface area (Å²) in [6, 6.07) is 7.05. The van der Waals surface area contributed by atoms with Gasteiger partial charge in [-0.05, 0) is 51.5 Å². The molecule has 0 spiro atoms. The lowest BCUT2D eigenvalue weighted by molar-refractivity contribution is 0.0955. The molecule has 0 aliphatic carbocycles. The van der Waals surface area contributed by atoms with Crippen molar-refractivity contribution in [1.82, 2.24) is 15.0 Å². The normalized spacial score (nSPS) is 13.8. The SMILES string of the molecule is C/C(=N/NC(=O)c1ccc2c(=O)n3c(nc2c1)CCC3)c1cc(C)sc1C. The van der Waals surface area contributed by atoms with Crippen LogP contribution in [0.3, 0.4) is 0 Å². The van der Waals surface area contributed by atoms with E-state index in [4.69, 9.17) is 0 Å². The Kier molecular flexibility index (Phi) is 4.39. The summed E-state index contributed by atoms with van der Waals surface area (Å²) in [5.74, 6) is 0.477. The average molecular weight is 380 g/mol. The second-order valence-corrected chi connectivity index (χ2v) is 8.25. The zero-order valence-corrected chi connectivity index (χ0v) is 16.3. The minimum absolute atomic E-state index is 0.0309.